The van der Waals surface area contributed by atoms with Crippen molar-refractivity contribution < 1.29 is 9.59 Å². The molecule has 0 bridgehead atoms. The third-order valence-electron chi connectivity index (χ3n) is 4.43. The highest BCUT2D eigenvalue weighted by Gasteiger charge is 2.15. The number of hydrogen-bond donors (Lipinski definition) is 2. The summed E-state index contributed by atoms with van der Waals surface area (Å²) < 4.78 is 0. The van der Waals surface area contributed by atoms with Crippen molar-refractivity contribution in [3.63, 3.8) is 0 Å². The van der Waals surface area contributed by atoms with E-state index in [2.05, 4.69) is 41.4 Å². The lowest BCUT2D eigenvalue weighted by molar-refractivity contribution is 0.0945. The first-order valence-electron chi connectivity index (χ1n) is 9.39. The number of benzene rings is 1. The molecular weight excluding hydrogens is 364 g/mol. The second kappa shape index (κ2) is 8.65. The molecule has 0 radical (unpaired) electrons. The van der Waals surface area contributed by atoms with Gasteiger partial charge < -0.3 is 10.6 Å². The molecule has 2 heterocycles. The Bertz CT molecular complexity index is 993. The van der Waals surface area contributed by atoms with Gasteiger partial charge in [0.2, 0.25) is 0 Å². The van der Waals surface area contributed by atoms with Crippen molar-refractivity contribution in [2.24, 2.45) is 0 Å². The Labute approximate surface area is 170 Å². The van der Waals surface area contributed by atoms with Crippen LogP contribution in [0, 0.1) is 0 Å². The SMILES string of the molecule is CC(C)(C)c1ccc(NC(=O)c2cccc(C(=O)NCc3ccncc3)n2)cc1. The smallest absolute Gasteiger partial charge is 0.274 e. The second-order valence-electron chi connectivity index (χ2n) is 7.73. The molecule has 1 aromatic carbocycles. The third kappa shape index (κ3) is 5.48. The van der Waals surface area contributed by atoms with Crippen molar-refractivity contribution in [3.8, 4) is 0 Å². The molecule has 0 fully saturated rings. The standard InChI is InChI=1S/C23H24N4O2/c1-23(2,3)17-7-9-18(10-8-17)26-22(29)20-6-4-5-19(27-20)21(28)25-15-16-11-13-24-14-12-16/h4-14H,15H2,1-3H3,(H,25,28)(H,26,29). The van der Waals surface area contributed by atoms with Crippen molar-refractivity contribution in [1.29, 1.82) is 0 Å². The molecular formula is C23H24N4O2. The fraction of sp³-hybridized carbons (Fsp3) is 0.217. The Hall–Kier alpha value is -3.54. The van der Waals surface area contributed by atoms with Crippen LogP contribution in [0.3, 0.4) is 0 Å². The molecule has 0 spiro atoms. The summed E-state index contributed by atoms with van der Waals surface area (Å²) >= 11 is 0. The van der Waals surface area contributed by atoms with Gasteiger partial charge in [0.1, 0.15) is 11.4 Å². The molecule has 0 atom stereocenters. The highest BCUT2D eigenvalue weighted by molar-refractivity contribution is 6.03. The lowest BCUT2D eigenvalue weighted by atomic mass is 9.87. The van der Waals surface area contributed by atoms with Crippen LogP contribution >= 0.6 is 0 Å². The zero-order chi connectivity index (χ0) is 20.9. The van der Waals surface area contributed by atoms with E-state index in [1.165, 1.54) is 5.56 Å². The van der Waals surface area contributed by atoms with Gasteiger partial charge in [-0.2, -0.15) is 0 Å². The van der Waals surface area contributed by atoms with Crippen molar-refractivity contribution in [2.75, 3.05) is 5.32 Å². The second-order valence-corrected chi connectivity index (χ2v) is 7.73. The van der Waals surface area contributed by atoms with Gasteiger partial charge in [-0.15, -0.1) is 0 Å². The molecule has 6 heteroatoms. The van der Waals surface area contributed by atoms with Crippen LogP contribution in [-0.4, -0.2) is 21.8 Å². The summed E-state index contributed by atoms with van der Waals surface area (Å²) in [5.74, 6) is -0.705. The monoisotopic (exact) mass is 388 g/mol. The number of nitrogens with one attached hydrogen (secondary N) is 2. The maximum absolute atomic E-state index is 12.5. The number of pyridine rings is 2. The lowest BCUT2D eigenvalue weighted by Crippen LogP contribution is -2.25. The van der Waals surface area contributed by atoms with Gasteiger partial charge in [0.15, 0.2) is 0 Å². The molecule has 0 saturated heterocycles. The number of rotatable bonds is 5. The normalized spacial score (nSPS) is 11.0. The summed E-state index contributed by atoms with van der Waals surface area (Å²) in [5, 5.41) is 5.61. The van der Waals surface area contributed by atoms with Gasteiger partial charge >= 0.3 is 0 Å². The molecule has 3 rings (SSSR count). The lowest BCUT2D eigenvalue weighted by Gasteiger charge is -2.19. The van der Waals surface area contributed by atoms with Gasteiger partial charge in [-0.1, -0.05) is 39.0 Å². The molecule has 0 aliphatic heterocycles. The number of carbonyl (C=O) groups excluding carboxylic acids is 2. The van der Waals surface area contributed by atoms with Crippen LogP contribution < -0.4 is 10.6 Å². The molecule has 29 heavy (non-hydrogen) atoms. The molecule has 148 valence electrons. The van der Waals surface area contributed by atoms with Crippen LogP contribution in [0.25, 0.3) is 0 Å². The number of carbonyl (C=O) groups is 2. The van der Waals surface area contributed by atoms with Crippen molar-refractivity contribution in [3.05, 3.63) is 89.5 Å². The maximum Gasteiger partial charge on any atom is 0.274 e. The Morgan fingerprint density at radius 3 is 2.10 bits per heavy atom. The number of nitrogens with zero attached hydrogens (tertiary/aromatic N) is 2. The van der Waals surface area contributed by atoms with Gasteiger partial charge in [0, 0.05) is 24.6 Å². The van der Waals surface area contributed by atoms with Crippen LogP contribution in [0.5, 0.6) is 0 Å². The van der Waals surface area contributed by atoms with E-state index in [1.54, 1.807) is 30.6 Å². The summed E-state index contributed by atoms with van der Waals surface area (Å²) in [6.45, 7) is 6.76. The first-order chi connectivity index (χ1) is 13.8. The van der Waals surface area contributed by atoms with E-state index in [1.807, 2.05) is 36.4 Å². The van der Waals surface area contributed by atoms with Crippen molar-refractivity contribution in [1.82, 2.24) is 15.3 Å². The Kier molecular flexibility index (Phi) is 6.02. The van der Waals surface area contributed by atoms with Crippen LogP contribution in [0.2, 0.25) is 0 Å². The van der Waals surface area contributed by atoms with Gasteiger partial charge in [-0.3, -0.25) is 14.6 Å². The largest absolute Gasteiger partial charge is 0.347 e. The molecule has 0 aliphatic rings. The van der Waals surface area contributed by atoms with Gasteiger partial charge in [0.25, 0.3) is 11.8 Å². The van der Waals surface area contributed by atoms with E-state index in [0.717, 1.165) is 5.56 Å². The van der Waals surface area contributed by atoms with E-state index in [0.29, 0.717) is 12.2 Å². The van der Waals surface area contributed by atoms with Crippen LogP contribution in [0.4, 0.5) is 5.69 Å². The van der Waals surface area contributed by atoms with Gasteiger partial charge in [0.05, 0.1) is 0 Å². The Balaban J connectivity index is 1.65. The van der Waals surface area contributed by atoms with E-state index >= 15 is 0 Å². The predicted molar refractivity (Wildman–Crippen MR) is 113 cm³/mol. The Morgan fingerprint density at radius 1 is 0.862 bits per heavy atom. The summed E-state index contributed by atoms with van der Waals surface area (Å²) in [7, 11) is 0. The predicted octanol–water partition coefficient (Wildman–Crippen LogP) is 3.96. The summed E-state index contributed by atoms with van der Waals surface area (Å²) in [5.41, 5.74) is 3.21. The average molecular weight is 388 g/mol. The topological polar surface area (TPSA) is 84.0 Å². The van der Waals surface area contributed by atoms with Crippen molar-refractivity contribution in [2.45, 2.75) is 32.7 Å². The van der Waals surface area contributed by atoms with Gasteiger partial charge in [-0.25, -0.2) is 4.98 Å². The highest BCUT2D eigenvalue weighted by Crippen LogP contribution is 2.23. The van der Waals surface area contributed by atoms with E-state index in [-0.39, 0.29) is 28.6 Å². The summed E-state index contributed by atoms with van der Waals surface area (Å²) in [6.07, 6.45) is 3.33. The maximum atomic E-state index is 12.5. The minimum Gasteiger partial charge on any atom is -0.347 e. The van der Waals surface area contributed by atoms with Gasteiger partial charge in [-0.05, 0) is 52.9 Å². The van der Waals surface area contributed by atoms with E-state index in [9.17, 15) is 9.59 Å². The molecule has 2 aromatic heterocycles. The average Bonchev–Trinajstić information content (AvgIpc) is 2.72. The van der Waals surface area contributed by atoms with Crippen LogP contribution in [-0.2, 0) is 12.0 Å². The fourth-order valence-corrected chi connectivity index (χ4v) is 2.71. The third-order valence-corrected chi connectivity index (χ3v) is 4.43. The minimum absolute atomic E-state index is 0.0437. The fourth-order valence-electron chi connectivity index (χ4n) is 2.71. The van der Waals surface area contributed by atoms with E-state index < -0.39 is 0 Å². The highest BCUT2D eigenvalue weighted by atomic mass is 16.2. The minimum atomic E-state index is -0.364. The number of hydrogen-bond acceptors (Lipinski definition) is 4. The summed E-state index contributed by atoms with van der Waals surface area (Å²) in [6, 6.07) is 16.2. The molecule has 2 amide bonds. The Morgan fingerprint density at radius 2 is 1.48 bits per heavy atom. The molecule has 0 saturated carbocycles. The molecule has 6 nitrogen and oxygen atoms in total. The van der Waals surface area contributed by atoms with Crippen LogP contribution in [0.15, 0.2) is 67.0 Å². The number of amides is 2. The van der Waals surface area contributed by atoms with E-state index in [4.69, 9.17) is 0 Å². The zero-order valence-electron chi connectivity index (χ0n) is 16.8. The first kappa shape index (κ1) is 20.2. The number of anilines is 1. The molecule has 3 aromatic rings. The molecule has 0 unspecified atom stereocenters. The first-order valence-corrected chi connectivity index (χ1v) is 9.39. The van der Waals surface area contributed by atoms with Crippen LogP contribution in [0.1, 0.15) is 52.9 Å². The molecule has 2 N–H and O–H groups in total. The zero-order valence-corrected chi connectivity index (χ0v) is 16.8. The quantitative estimate of drug-likeness (QED) is 0.693. The molecule has 0 aliphatic carbocycles. The summed E-state index contributed by atoms with van der Waals surface area (Å²) in [4.78, 5) is 33.0. The van der Waals surface area contributed by atoms with Crippen molar-refractivity contribution >= 4 is 17.5 Å². The number of aromatic nitrogens is 2.